The lowest BCUT2D eigenvalue weighted by molar-refractivity contribution is 0.160. The Morgan fingerprint density at radius 1 is 1.00 bits per heavy atom. The normalized spacial score (nSPS) is 25.6. The first kappa shape index (κ1) is 18.5. The van der Waals surface area contributed by atoms with Crippen molar-refractivity contribution in [2.24, 2.45) is 17.8 Å². The van der Waals surface area contributed by atoms with Crippen LogP contribution in [0.4, 0.5) is 0 Å². The molecule has 1 aliphatic carbocycles. The van der Waals surface area contributed by atoms with Gasteiger partial charge in [0.15, 0.2) is 0 Å². The lowest BCUT2D eigenvalue weighted by Gasteiger charge is -2.41. The Morgan fingerprint density at radius 3 is 2.19 bits per heavy atom. The molecule has 2 aromatic rings. The second-order valence-corrected chi connectivity index (χ2v) is 7.20. The lowest BCUT2D eigenvalue weighted by Crippen LogP contribution is -2.32. The molecule has 0 bridgehead atoms. The Balaban J connectivity index is 2.11. The maximum Gasteiger partial charge on any atom is 0.118 e. The fourth-order valence-corrected chi connectivity index (χ4v) is 4.33. The molecule has 0 radical (unpaired) electrons. The van der Waals surface area contributed by atoms with Crippen LogP contribution in [-0.2, 0) is 0 Å². The van der Waals surface area contributed by atoms with E-state index in [1.165, 1.54) is 11.1 Å². The lowest BCUT2D eigenvalue weighted by atomic mass is 9.63. The number of ether oxygens (including phenoxy) is 1. The Labute approximate surface area is 156 Å². The smallest absolute Gasteiger partial charge is 0.118 e. The van der Waals surface area contributed by atoms with E-state index >= 15 is 0 Å². The maximum atomic E-state index is 9.92. The summed E-state index contributed by atoms with van der Waals surface area (Å²) >= 11 is 0. The van der Waals surface area contributed by atoms with Crippen molar-refractivity contribution in [3.63, 3.8) is 0 Å². The molecule has 0 saturated heterocycles. The van der Waals surface area contributed by atoms with Gasteiger partial charge < -0.3 is 14.9 Å². The number of phenols is 1. The number of allylic oxidation sites excluding steroid dienone is 1. The average molecular weight is 352 g/mol. The molecule has 0 saturated carbocycles. The molecule has 138 valence electrons. The van der Waals surface area contributed by atoms with Gasteiger partial charge in [0.2, 0.25) is 0 Å². The Morgan fingerprint density at radius 2 is 1.65 bits per heavy atom. The molecule has 0 aromatic heterocycles. The number of rotatable bonds is 5. The molecule has 3 rings (SSSR count). The molecule has 0 fully saturated rings. The zero-order valence-corrected chi connectivity index (χ0v) is 15.7. The fraction of sp³-hybridized carbons (Fsp3) is 0.391. The zero-order valence-electron chi connectivity index (χ0n) is 15.7. The van der Waals surface area contributed by atoms with Gasteiger partial charge in [-0.25, -0.2) is 0 Å². The van der Waals surface area contributed by atoms with Gasteiger partial charge in [-0.3, -0.25) is 0 Å². The predicted octanol–water partition coefficient (Wildman–Crippen LogP) is 4.85. The quantitative estimate of drug-likeness (QED) is 0.808. The van der Waals surface area contributed by atoms with E-state index in [4.69, 9.17) is 4.74 Å². The summed E-state index contributed by atoms with van der Waals surface area (Å²) in [6, 6.07) is 15.7. The standard InChI is InChI=1S/C23H28O3/c1-4-21-15(2)18(14-24)13-22(16-7-11-20(26-3)12-8-16)23(21)17-5-9-19(25)10-6-17/h5-13,15,18,21,23-25H,4,14H2,1-3H3. The van der Waals surface area contributed by atoms with Crippen molar-refractivity contribution in [2.45, 2.75) is 26.2 Å². The van der Waals surface area contributed by atoms with Crippen LogP contribution in [0.2, 0.25) is 0 Å². The monoisotopic (exact) mass is 352 g/mol. The van der Waals surface area contributed by atoms with E-state index in [9.17, 15) is 10.2 Å². The van der Waals surface area contributed by atoms with Crippen molar-refractivity contribution in [1.29, 1.82) is 0 Å². The molecule has 0 amide bonds. The number of hydrogen-bond acceptors (Lipinski definition) is 3. The van der Waals surface area contributed by atoms with Gasteiger partial charge in [0.25, 0.3) is 0 Å². The van der Waals surface area contributed by atoms with Crippen molar-refractivity contribution in [3.05, 3.63) is 65.7 Å². The summed E-state index contributed by atoms with van der Waals surface area (Å²) in [6.07, 6.45) is 3.28. The maximum absolute atomic E-state index is 9.92. The highest BCUT2D eigenvalue weighted by Gasteiger charge is 2.37. The highest BCUT2D eigenvalue weighted by atomic mass is 16.5. The topological polar surface area (TPSA) is 49.7 Å². The van der Waals surface area contributed by atoms with Crippen LogP contribution in [0, 0.1) is 17.8 Å². The minimum absolute atomic E-state index is 0.158. The average Bonchev–Trinajstić information content (AvgIpc) is 2.68. The summed E-state index contributed by atoms with van der Waals surface area (Å²) in [5, 5.41) is 19.6. The molecule has 26 heavy (non-hydrogen) atoms. The number of benzene rings is 2. The van der Waals surface area contributed by atoms with Gasteiger partial charge in [0.1, 0.15) is 11.5 Å². The Bertz CT molecular complexity index is 746. The summed E-state index contributed by atoms with van der Waals surface area (Å²) in [4.78, 5) is 0. The molecule has 4 unspecified atom stereocenters. The SMILES string of the molecule is CCC1C(c2ccc(O)cc2)C(c2ccc(OC)cc2)=CC(CO)C1C. The van der Waals surface area contributed by atoms with E-state index in [1.54, 1.807) is 19.2 Å². The van der Waals surface area contributed by atoms with Gasteiger partial charge >= 0.3 is 0 Å². The van der Waals surface area contributed by atoms with Crippen LogP contribution < -0.4 is 4.74 Å². The number of aliphatic hydroxyl groups excluding tert-OH is 1. The molecule has 0 heterocycles. The summed E-state index contributed by atoms with van der Waals surface area (Å²) in [7, 11) is 1.67. The molecule has 2 N–H and O–H groups in total. The fourth-order valence-electron chi connectivity index (χ4n) is 4.33. The van der Waals surface area contributed by atoms with Crippen LogP contribution in [0.25, 0.3) is 5.57 Å². The molecule has 2 aromatic carbocycles. The minimum Gasteiger partial charge on any atom is -0.508 e. The molecule has 3 nitrogen and oxygen atoms in total. The third-order valence-corrected chi connectivity index (χ3v) is 5.87. The number of aliphatic hydroxyl groups is 1. The third kappa shape index (κ3) is 3.49. The number of aromatic hydroxyl groups is 1. The van der Waals surface area contributed by atoms with E-state index in [0.29, 0.717) is 11.8 Å². The molecule has 1 aliphatic rings. The summed E-state index contributed by atoms with van der Waals surface area (Å²) < 4.78 is 5.30. The van der Waals surface area contributed by atoms with Gasteiger partial charge in [-0.15, -0.1) is 0 Å². The highest BCUT2D eigenvalue weighted by Crippen LogP contribution is 2.49. The first-order valence-electron chi connectivity index (χ1n) is 9.35. The van der Waals surface area contributed by atoms with E-state index < -0.39 is 0 Å². The highest BCUT2D eigenvalue weighted by molar-refractivity contribution is 5.73. The molecule has 0 spiro atoms. The van der Waals surface area contributed by atoms with Crippen LogP contribution >= 0.6 is 0 Å². The van der Waals surface area contributed by atoms with Crippen molar-refractivity contribution < 1.29 is 14.9 Å². The van der Waals surface area contributed by atoms with Crippen molar-refractivity contribution >= 4 is 5.57 Å². The predicted molar refractivity (Wildman–Crippen MR) is 105 cm³/mol. The van der Waals surface area contributed by atoms with Crippen LogP contribution in [0.5, 0.6) is 11.5 Å². The second kappa shape index (κ2) is 7.96. The van der Waals surface area contributed by atoms with Crippen LogP contribution in [-0.4, -0.2) is 23.9 Å². The van der Waals surface area contributed by atoms with E-state index in [1.807, 2.05) is 24.3 Å². The van der Waals surface area contributed by atoms with Gasteiger partial charge in [0, 0.05) is 18.4 Å². The first-order chi connectivity index (χ1) is 12.6. The van der Waals surface area contributed by atoms with E-state index in [0.717, 1.165) is 17.7 Å². The van der Waals surface area contributed by atoms with Gasteiger partial charge in [-0.05, 0) is 52.8 Å². The molecule has 3 heteroatoms. The largest absolute Gasteiger partial charge is 0.508 e. The van der Waals surface area contributed by atoms with Crippen molar-refractivity contribution in [2.75, 3.05) is 13.7 Å². The van der Waals surface area contributed by atoms with Gasteiger partial charge in [-0.2, -0.15) is 0 Å². The van der Waals surface area contributed by atoms with Crippen LogP contribution in [0.3, 0.4) is 0 Å². The summed E-state index contributed by atoms with van der Waals surface area (Å²) in [6.45, 7) is 4.63. The molecular weight excluding hydrogens is 324 g/mol. The summed E-state index contributed by atoms with van der Waals surface area (Å²) in [5.41, 5.74) is 3.62. The summed E-state index contributed by atoms with van der Waals surface area (Å²) in [5.74, 6) is 2.35. The number of phenolic OH excluding ortho intramolecular Hbond substituents is 1. The number of hydrogen-bond donors (Lipinski definition) is 2. The Kier molecular flexibility index (Phi) is 5.67. The molecular formula is C23H28O3. The van der Waals surface area contributed by atoms with Crippen LogP contribution in [0.15, 0.2) is 54.6 Å². The molecule has 0 aliphatic heterocycles. The van der Waals surface area contributed by atoms with E-state index in [-0.39, 0.29) is 24.2 Å². The second-order valence-electron chi connectivity index (χ2n) is 7.20. The minimum atomic E-state index is 0.158. The van der Waals surface area contributed by atoms with Gasteiger partial charge in [-0.1, -0.05) is 50.6 Å². The van der Waals surface area contributed by atoms with Gasteiger partial charge in [0.05, 0.1) is 7.11 Å². The van der Waals surface area contributed by atoms with Crippen LogP contribution in [0.1, 0.15) is 37.3 Å². The first-order valence-corrected chi connectivity index (χ1v) is 9.35. The third-order valence-electron chi connectivity index (χ3n) is 5.87. The van der Waals surface area contributed by atoms with Crippen molar-refractivity contribution in [3.8, 4) is 11.5 Å². The number of methoxy groups -OCH3 is 1. The molecule has 4 atom stereocenters. The van der Waals surface area contributed by atoms with Crippen molar-refractivity contribution in [1.82, 2.24) is 0 Å². The zero-order chi connectivity index (χ0) is 18.7. The van der Waals surface area contributed by atoms with E-state index in [2.05, 4.69) is 32.1 Å². The Hall–Kier alpha value is -2.26.